The Hall–Kier alpha value is -2.81. The van der Waals surface area contributed by atoms with Gasteiger partial charge in [0, 0.05) is 38.8 Å². The second-order valence-electron chi connectivity index (χ2n) is 6.13. The summed E-state index contributed by atoms with van der Waals surface area (Å²) in [6, 6.07) is 9.95. The van der Waals surface area contributed by atoms with E-state index in [2.05, 4.69) is 10.6 Å². The van der Waals surface area contributed by atoms with Gasteiger partial charge in [0.05, 0.1) is 0 Å². The summed E-state index contributed by atoms with van der Waals surface area (Å²) in [5.41, 5.74) is 2.31. The number of rotatable bonds is 8. The van der Waals surface area contributed by atoms with Gasteiger partial charge in [-0.25, -0.2) is 0 Å². The summed E-state index contributed by atoms with van der Waals surface area (Å²) in [6.45, 7) is 4.47. The maximum atomic E-state index is 12.0. The van der Waals surface area contributed by atoms with Crippen molar-refractivity contribution >= 4 is 11.8 Å². The molecule has 132 valence electrons. The first-order chi connectivity index (χ1) is 12.1. The lowest BCUT2D eigenvalue weighted by Crippen LogP contribution is -2.31. The van der Waals surface area contributed by atoms with Crippen molar-refractivity contribution < 1.29 is 9.59 Å². The molecule has 2 rings (SSSR count). The Morgan fingerprint density at radius 2 is 2.12 bits per heavy atom. The van der Waals surface area contributed by atoms with Crippen molar-refractivity contribution in [2.45, 2.75) is 32.7 Å². The third kappa shape index (κ3) is 5.96. The molecule has 1 aliphatic rings. The van der Waals surface area contributed by atoms with Gasteiger partial charge in [0.2, 0.25) is 5.91 Å². The van der Waals surface area contributed by atoms with Gasteiger partial charge < -0.3 is 15.5 Å². The zero-order chi connectivity index (χ0) is 18.1. The van der Waals surface area contributed by atoms with Crippen LogP contribution in [-0.2, 0) is 16.1 Å². The highest BCUT2D eigenvalue weighted by molar-refractivity contribution is 5.97. The smallest absolute Gasteiger partial charge is 0.263 e. The van der Waals surface area contributed by atoms with E-state index in [1.807, 2.05) is 42.2 Å². The minimum atomic E-state index is -0.397. The minimum absolute atomic E-state index is 0.0457. The van der Waals surface area contributed by atoms with E-state index in [0.29, 0.717) is 32.5 Å². The Labute approximate surface area is 148 Å². The Balaban J connectivity index is 1.71. The molecule has 0 aliphatic carbocycles. The molecule has 0 saturated carbocycles. The zero-order valence-corrected chi connectivity index (χ0v) is 14.5. The van der Waals surface area contributed by atoms with E-state index >= 15 is 0 Å². The van der Waals surface area contributed by atoms with Gasteiger partial charge in [-0.3, -0.25) is 9.59 Å². The Morgan fingerprint density at radius 3 is 2.76 bits per heavy atom. The summed E-state index contributed by atoms with van der Waals surface area (Å²) in [5.74, 6) is -0.212. The first kappa shape index (κ1) is 18.5. The van der Waals surface area contributed by atoms with Gasteiger partial charge in [0.1, 0.15) is 11.6 Å². The number of benzene rings is 1. The van der Waals surface area contributed by atoms with Crippen LogP contribution < -0.4 is 10.6 Å². The van der Waals surface area contributed by atoms with Crippen LogP contribution in [0.1, 0.15) is 30.4 Å². The van der Waals surface area contributed by atoms with Gasteiger partial charge in [-0.15, -0.1) is 0 Å². The predicted molar refractivity (Wildman–Crippen MR) is 95.2 cm³/mol. The van der Waals surface area contributed by atoms with Crippen LogP contribution in [0.25, 0.3) is 0 Å². The number of likely N-dealkylation sites (tertiary alicyclic amines) is 1. The predicted octanol–water partition coefficient (Wildman–Crippen LogP) is 1.62. The molecule has 2 N–H and O–H groups in total. The first-order valence-electron chi connectivity index (χ1n) is 8.55. The molecule has 0 unspecified atom stereocenters. The summed E-state index contributed by atoms with van der Waals surface area (Å²) in [7, 11) is 0. The zero-order valence-electron chi connectivity index (χ0n) is 14.5. The number of aryl methyl sites for hydroxylation is 1. The van der Waals surface area contributed by atoms with Gasteiger partial charge in [-0.1, -0.05) is 29.8 Å². The molecule has 6 heteroatoms. The molecule has 1 aromatic rings. The Bertz CT molecular complexity index is 674. The van der Waals surface area contributed by atoms with E-state index in [0.717, 1.165) is 18.5 Å². The highest BCUT2D eigenvalue weighted by Gasteiger charge is 2.19. The van der Waals surface area contributed by atoms with Crippen molar-refractivity contribution in [3.05, 3.63) is 47.2 Å². The van der Waals surface area contributed by atoms with Crippen LogP contribution in [0.2, 0.25) is 0 Å². The molecule has 2 amide bonds. The van der Waals surface area contributed by atoms with Crippen LogP contribution in [0, 0.1) is 18.3 Å². The third-order valence-electron chi connectivity index (χ3n) is 4.10. The van der Waals surface area contributed by atoms with Gasteiger partial charge in [0.15, 0.2) is 0 Å². The second kappa shape index (κ2) is 9.48. The van der Waals surface area contributed by atoms with E-state index in [1.54, 1.807) is 0 Å². The summed E-state index contributed by atoms with van der Waals surface area (Å²) in [5, 5.41) is 14.8. The number of nitrogens with one attached hydrogen (secondary N) is 2. The highest BCUT2D eigenvalue weighted by atomic mass is 16.2. The van der Waals surface area contributed by atoms with E-state index in [1.165, 1.54) is 11.8 Å². The molecule has 6 nitrogen and oxygen atoms in total. The molecule has 0 atom stereocenters. The maximum Gasteiger partial charge on any atom is 0.263 e. The molecular formula is C19H24N4O2. The summed E-state index contributed by atoms with van der Waals surface area (Å²) in [4.78, 5) is 25.3. The number of nitriles is 1. The van der Waals surface area contributed by atoms with E-state index in [9.17, 15) is 9.59 Å². The number of amides is 2. The number of hydrogen-bond acceptors (Lipinski definition) is 4. The fraction of sp³-hybridized carbons (Fsp3) is 0.421. The number of carbonyl (C=O) groups excluding carboxylic acids is 2. The molecule has 1 heterocycles. The quantitative estimate of drug-likeness (QED) is 0.428. The molecule has 1 aromatic carbocycles. The summed E-state index contributed by atoms with van der Waals surface area (Å²) in [6.07, 6.45) is 3.67. The Morgan fingerprint density at radius 1 is 1.36 bits per heavy atom. The molecule has 0 aromatic heterocycles. The molecular weight excluding hydrogens is 316 g/mol. The second-order valence-corrected chi connectivity index (χ2v) is 6.13. The number of nitrogens with zero attached hydrogens (tertiary/aromatic N) is 2. The number of carbonyl (C=O) groups is 2. The first-order valence-corrected chi connectivity index (χ1v) is 8.55. The average molecular weight is 340 g/mol. The van der Waals surface area contributed by atoms with Crippen molar-refractivity contribution in [2.24, 2.45) is 0 Å². The van der Waals surface area contributed by atoms with Crippen molar-refractivity contribution in [3.63, 3.8) is 0 Å². The topological polar surface area (TPSA) is 85.2 Å². The lowest BCUT2D eigenvalue weighted by atomic mass is 10.1. The Kier molecular flexibility index (Phi) is 7.02. The van der Waals surface area contributed by atoms with Crippen LogP contribution in [0.5, 0.6) is 0 Å². The van der Waals surface area contributed by atoms with Crippen LogP contribution in [0.3, 0.4) is 0 Å². The molecule has 0 bridgehead atoms. The molecule has 0 spiro atoms. The minimum Gasteiger partial charge on any atom is -0.386 e. The average Bonchev–Trinajstić information content (AvgIpc) is 3.02. The maximum absolute atomic E-state index is 12.0. The number of hydrogen-bond donors (Lipinski definition) is 2. The lowest BCUT2D eigenvalue weighted by Gasteiger charge is -2.15. The van der Waals surface area contributed by atoms with E-state index in [-0.39, 0.29) is 11.5 Å². The molecule has 25 heavy (non-hydrogen) atoms. The van der Waals surface area contributed by atoms with Crippen LogP contribution >= 0.6 is 0 Å². The monoisotopic (exact) mass is 340 g/mol. The van der Waals surface area contributed by atoms with E-state index < -0.39 is 5.91 Å². The van der Waals surface area contributed by atoms with Crippen molar-refractivity contribution in [1.29, 1.82) is 5.26 Å². The lowest BCUT2D eigenvalue weighted by molar-refractivity contribution is -0.127. The molecule has 1 fully saturated rings. The van der Waals surface area contributed by atoms with Crippen LogP contribution in [0.4, 0.5) is 0 Å². The highest BCUT2D eigenvalue weighted by Crippen LogP contribution is 2.09. The standard InChI is InChI=1S/C19H24N4O2/c1-15-5-7-16(8-6-15)13-21-14-17(12-20)19(25)22-9-3-11-23-10-2-4-18(23)24/h5-8,14,21H,2-4,9-11,13H2,1H3,(H,22,25)/b17-14-. The largest absolute Gasteiger partial charge is 0.386 e. The molecule has 0 radical (unpaired) electrons. The van der Waals surface area contributed by atoms with Crippen molar-refractivity contribution in [2.75, 3.05) is 19.6 Å². The van der Waals surface area contributed by atoms with Gasteiger partial charge in [-0.2, -0.15) is 5.26 Å². The fourth-order valence-electron chi connectivity index (χ4n) is 2.63. The molecule has 1 aliphatic heterocycles. The third-order valence-corrected chi connectivity index (χ3v) is 4.10. The van der Waals surface area contributed by atoms with Crippen molar-refractivity contribution in [1.82, 2.24) is 15.5 Å². The van der Waals surface area contributed by atoms with Gasteiger partial charge >= 0.3 is 0 Å². The van der Waals surface area contributed by atoms with Crippen molar-refractivity contribution in [3.8, 4) is 6.07 Å². The fourth-order valence-corrected chi connectivity index (χ4v) is 2.63. The SMILES string of the molecule is Cc1ccc(CN/C=C(/C#N)C(=O)NCCCN2CCCC2=O)cc1. The summed E-state index contributed by atoms with van der Waals surface area (Å²) >= 11 is 0. The van der Waals surface area contributed by atoms with Gasteiger partial charge in [0.25, 0.3) is 5.91 Å². The molecule has 1 saturated heterocycles. The van der Waals surface area contributed by atoms with Gasteiger partial charge in [-0.05, 0) is 25.3 Å². The summed E-state index contributed by atoms with van der Waals surface area (Å²) < 4.78 is 0. The van der Waals surface area contributed by atoms with E-state index in [4.69, 9.17) is 5.26 Å². The van der Waals surface area contributed by atoms with Crippen LogP contribution in [0.15, 0.2) is 36.0 Å². The normalized spacial score (nSPS) is 14.3. The van der Waals surface area contributed by atoms with Crippen LogP contribution in [-0.4, -0.2) is 36.3 Å².